The van der Waals surface area contributed by atoms with Crippen molar-refractivity contribution in [3.05, 3.63) is 28.8 Å². The Bertz CT molecular complexity index is 550. The molecule has 0 fully saturated rings. The Labute approximate surface area is 99.5 Å². The minimum atomic E-state index is -0.868. The molecular formula is C10H9BrN2O3. The number of aromatic hydroxyl groups is 1. The lowest BCUT2D eigenvalue weighted by Gasteiger charge is -2.00. The standard InChI is InChI=1S/C10H9BrN2O3/c11-10-9-6(14)2-1-5-13(9)7(12-10)3-4-8(15)16/h1-2,5,14H,3-4H2,(H,15,16). The number of imidazole rings is 1. The number of fused-ring (bicyclic) bond motifs is 1. The van der Waals surface area contributed by atoms with Crippen LogP contribution in [0.4, 0.5) is 0 Å². The first-order valence-corrected chi connectivity index (χ1v) is 5.45. The maximum atomic E-state index is 10.5. The van der Waals surface area contributed by atoms with Crippen molar-refractivity contribution in [2.24, 2.45) is 0 Å². The van der Waals surface area contributed by atoms with Crippen LogP contribution in [0.5, 0.6) is 5.75 Å². The monoisotopic (exact) mass is 284 g/mol. The number of rotatable bonds is 3. The quantitative estimate of drug-likeness (QED) is 0.902. The molecule has 84 valence electrons. The highest BCUT2D eigenvalue weighted by Crippen LogP contribution is 2.27. The SMILES string of the molecule is O=C(O)CCc1nc(Br)c2c(O)cccn12. The predicted molar refractivity (Wildman–Crippen MR) is 60.5 cm³/mol. The number of aliphatic carboxylic acids is 1. The summed E-state index contributed by atoms with van der Waals surface area (Å²) in [5.41, 5.74) is 0.558. The summed E-state index contributed by atoms with van der Waals surface area (Å²) < 4.78 is 2.20. The van der Waals surface area contributed by atoms with Gasteiger partial charge in [0, 0.05) is 12.6 Å². The van der Waals surface area contributed by atoms with Crippen LogP contribution in [0.2, 0.25) is 0 Å². The maximum Gasteiger partial charge on any atom is 0.303 e. The molecule has 0 spiro atoms. The van der Waals surface area contributed by atoms with E-state index in [9.17, 15) is 9.90 Å². The van der Waals surface area contributed by atoms with Crippen molar-refractivity contribution in [3.8, 4) is 5.75 Å². The van der Waals surface area contributed by atoms with Crippen molar-refractivity contribution >= 4 is 27.4 Å². The summed E-state index contributed by atoms with van der Waals surface area (Å²) in [6.07, 6.45) is 2.08. The van der Waals surface area contributed by atoms with Gasteiger partial charge in [-0.3, -0.25) is 9.20 Å². The lowest BCUT2D eigenvalue weighted by molar-refractivity contribution is -0.137. The molecule has 0 radical (unpaired) electrons. The zero-order chi connectivity index (χ0) is 11.7. The maximum absolute atomic E-state index is 10.5. The van der Waals surface area contributed by atoms with Gasteiger partial charge in [0.25, 0.3) is 0 Å². The van der Waals surface area contributed by atoms with Gasteiger partial charge in [-0.05, 0) is 28.1 Å². The van der Waals surface area contributed by atoms with Crippen molar-refractivity contribution in [1.29, 1.82) is 0 Å². The molecule has 2 aromatic rings. The van der Waals surface area contributed by atoms with Gasteiger partial charge in [0.05, 0.1) is 6.42 Å². The fourth-order valence-corrected chi connectivity index (χ4v) is 2.13. The van der Waals surface area contributed by atoms with Crippen LogP contribution in [-0.4, -0.2) is 25.6 Å². The first-order valence-electron chi connectivity index (χ1n) is 4.66. The fraction of sp³-hybridized carbons (Fsp3) is 0.200. The molecule has 6 heteroatoms. The van der Waals surface area contributed by atoms with Crippen LogP contribution in [0, 0.1) is 0 Å². The number of carboxylic acids is 1. The summed E-state index contributed by atoms with van der Waals surface area (Å²) in [7, 11) is 0. The van der Waals surface area contributed by atoms with Crippen LogP contribution in [0.1, 0.15) is 12.2 Å². The molecule has 2 N–H and O–H groups in total. The number of carbonyl (C=O) groups is 1. The molecule has 0 bridgehead atoms. The van der Waals surface area contributed by atoms with Gasteiger partial charge < -0.3 is 10.2 Å². The summed E-state index contributed by atoms with van der Waals surface area (Å²) in [6, 6.07) is 3.24. The second kappa shape index (κ2) is 4.13. The molecule has 0 aliphatic carbocycles. The third-order valence-corrected chi connectivity index (χ3v) is 2.79. The van der Waals surface area contributed by atoms with Crippen LogP contribution in [-0.2, 0) is 11.2 Å². The Balaban J connectivity index is 2.47. The third-order valence-electron chi connectivity index (χ3n) is 2.24. The molecule has 0 saturated carbocycles. The van der Waals surface area contributed by atoms with E-state index in [-0.39, 0.29) is 12.2 Å². The van der Waals surface area contributed by atoms with Gasteiger partial charge in [0.1, 0.15) is 21.7 Å². The summed E-state index contributed by atoms with van der Waals surface area (Å²) in [5.74, 6) is -0.142. The lowest BCUT2D eigenvalue weighted by atomic mass is 10.3. The van der Waals surface area contributed by atoms with E-state index in [1.54, 1.807) is 22.7 Å². The first-order chi connectivity index (χ1) is 7.59. The number of pyridine rings is 1. The minimum Gasteiger partial charge on any atom is -0.506 e. The van der Waals surface area contributed by atoms with E-state index in [0.29, 0.717) is 22.4 Å². The van der Waals surface area contributed by atoms with Crippen molar-refractivity contribution in [2.75, 3.05) is 0 Å². The number of halogens is 1. The van der Waals surface area contributed by atoms with Crippen molar-refractivity contribution in [2.45, 2.75) is 12.8 Å². The highest BCUT2D eigenvalue weighted by molar-refractivity contribution is 9.10. The topological polar surface area (TPSA) is 74.8 Å². The van der Waals surface area contributed by atoms with Crippen molar-refractivity contribution in [1.82, 2.24) is 9.38 Å². The van der Waals surface area contributed by atoms with Gasteiger partial charge in [0.15, 0.2) is 0 Å². The molecule has 0 atom stereocenters. The summed E-state index contributed by atoms with van der Waals surface area (Å²) in [4.78, 5) is 14.7. The number of aromatic nitrogens is 2. The molecular weight excluding hydrogens is 276 g/mol. The van der Waals surface area contributed by atoms with Crippen LogP contribution >= 0.6 is 15.9 Å². The molecule has 0 aromatic carbocycles. The Morgan fingerprint density at radius 2 is 2.31 bits per heavy atom. The molecule has 0 unspecified atom stereocenters. The van der Waals surface area contributed by atoms with Crippen LogP contribution in [0.3, 0.4) is 0 Å². The van der Waals surface area contributed by atoms with E-state index < -0.39 is 5.97 Å². The predicted octanol–water partition coefficient (Wildman–Crippen LogP) is 1.82. The van der Waals surface area contributed by atoms with Gasteiger partial charge >= 0.3 is 5.97 Å². The van der Waals surface area contributed by atoms with Crippen LogP contribution < -0.4 is 0 Å². The average Bonchev–Trinajstić information content (AvgIpc) is 2.54. The van der Waals surface area contributed by atoms with E-state index in [0.717, 1.165) is 0 Å². The highest BCUT2D eigenvalue weighted by atomic mass is 79.9. The fourth-order valence-electron chi connectivity index (χ4n) is 1.53. The Hall–Kier alpha value is -1.56. The minimum absolute atomic E-state index is 0.0151. The van der Waals surface area contributed by atoms with Crippen LogP contribution in [0.25, 0.3) is 5.52 Å². The second-order valence-electron chi connectivity index (χ2n) is 3.32. The number of hydrogen-bond acceptors (Lipinski definition) is 3. The van der Waals surface area contributed by atoms with E-state index in [1.165, 1.54) is 0 Å². The zero-order valence-corrected chi connectivity index (χ0v) is 9.81. The summed E-state index contributed by atoms with van der Waals surface area (Å²) in [5, 5.41) is 18.2. The van der Waals surface area contributed by atoms with E-state index >= 15 is 0 Å². The van der Waals surface area contributed by atoms with E-state index in [2.05, 4.69) is 20.9 Å². The normalized spacial score (nSPS) is 10.8. The number of nitrogens with zero attached hydrogens (tertiary/aromatic N) is 2. The third kappa shape index (κ3) is 1.88. The van der Waals surface area contributed by atoms with E-state index in [4.69, 9.17) is 5.11 Å². The molecule has 2 heterocycles. The van der Waals surface area contributed by atoms with Gasteiger partial charge in [-0.25, -0.2) is 4.98 Å². The molecule has 0 saturated heterocycles. The smallest absolute Gasteiger partial charge is 0.303 e. The van der Waals surface area contributed by atoms with Gasteiger partial charge in [0.2, 0.25) is 0 Å². The number of aryl methyl sites for hydroxylation is 1. The first kappa shape index (κ1) is 10.9. The molecule has 0 aliphatic heterocycles. The number of hydrogen-bond donors (Lipinski definition) is 2. The number of carboxylic acid groups (broad SMARTS) is 1. The zero-order valence-electron chi connectivity index (χ0n) is 8.22. The Kier molecular flexibility index (Phi) is 2.82. The molecule has 0 aliphatic rings. The average molecular weight is 285 g/mol. The Morgan fingerprint density at radius 3 is 3.00 bits per heavy atom. The van der Waals surface area contributed by atoms with Gasteiger partial charge in [-0.2, -0.15) is 0 Å². The van der Waals surface area contributed by atoms with Crippen molar-refractivity contribution in [3.63, 3.8) is 0 Å². The molecule has 2 rings (SSSR count). The van der Waals surface area contributed by atoms with Crippen molar-refractivity contribution < 1.29 is 15.0 Å². The van der Waals surface area contributed by atoms with Gasteiger partial charge in [-0.15, -0.1) is 0 Å². The van der Waals surface area contributed by atoms with Gasteiger partial charge in [-0.1, -0.05) is 0 Å². The van der Waals surface area contributed by atoms with E-state index in [1.807, 2.05) is 0 Å². The van der Waals surface area contributed by atoms with Crippen LogP contribution in [0.15, 0.2) is 22.9 Å². The summed E-state index contributed by atoms with van der Waals surface area (Å²) >= 11 is 3.24. The second-order valence-corrected chi connectivity index (χ2v) is 4.08. The molecule has 16 heavy (non-hydrogen) atoms. The molecule has 0 amide bonds. The molecule has 2 aromatic heterocycles. The highest BCUT2D eigenvalue weighted by Gasteiger charge is 2.12. The molecule has 5 nitrogen and oxygen atoms in total. The largest absolute Gasteiger partial charge is 0.506 e. The Morgan fingerprint density at radius 1 is 1.56 bits per heavy atom. The summed E-state index contributed by atoms with van der Waals surface area (Å²) in [6.45, 7) is 0. The lowest BCUT2D eigenvalue weighted by Crippen LogP contribution is -2.01.